The molecule has 1 aliphatic rings. The van der Waals surface area contributed by atoms with Crippen LogP contribution in [0.25, 0.3) is 11.2 Å². The molecule has 15 nitrogen and oxygen atoms in total. The van der Waals surface area contributed by atoms with E-state index >= 15 is 0 Å². The molecular formula is C51H45N7O8S. The Bertz CT molecular complexity index is 2870. The number of hydrogen-bond donors (Lipinski definition) is 1. The molecule has 5 aromatic carbocycles. The van der Waals surface area contributed by atoms with Crippen molar-refractivity contribution in [1.29, 1.82) is 0 Å². The molecule has 16 heteroatoms. The molecule has 0 aliphatic carbocycles. The third-order valence-corrected chi connectivity index (χ3v) is 12.0. The first-order valence-corrected chi connectivity index (χ1v) is 21.9. The van der Waals surface area contributed by atoms with Crippen LogP contribution in [0.3, 0.4) is 0 Å². The largest absolute Gasteiger partial charge is 0.497 e. The maximum absolute atomic E-state index is 13.6. The highest BCUT2D eigenvalue weighted by molar-refractivity contribution is 7.80. The van der Waals surface area contributed by atoms with Crippen molar-refractivity contribution in [3.63, 3.8) is 0 Å². The summed E-state index contributed by atoms with van der Waals surface area (Å²) in [5.41, 5.74) is 2.98. The van der Waals surface area contributed by atoms with Crippen LogP contribution in [0.15, 0.2) is 171 Å². The monoisotopic (exact) mass is 915 g/mol. The first-order valence-electron chi connectivity index (χ1n) is 21.5. The molecule has 4 atom stereocenters. The maximum atomic E-state index is 13.6. The molecular weight excluding hydrogens is 871 g/mol. The molecule has 0 unspecified atom stereocenters. The number of methoxy groups -OCH3 is 2. The van der Waals surface area contributed by atoms with Gasteiger partial charge in [-0.25, -0.2) is 24.7 Å². The maximum Gasteiger partial charge on any atom is 0.338 e. The van der Waals surface area contributed by atoms with Crippen LogP contribution in [0.1, 0.15) is 50.1 Å². The fraction of sp³-hybridized carbons (Fsp3) is 0.196. The van der Waals surface area contributed by atoms with Gasteiger partial charge in [0.25, 0.3) is 11.1 Å². The lowest BCUT2D eigenvalue weighted by atomic mass is 9.80. The van der Waals surface area contributed by atoms with E-state index in [4.69, 9.17) is 40.6 Å². The summed E-state index contributed by atoms with van der Waals surface area (Å²) in [5.74, 6) is 0.0804. The SMILES string of the molecule is COc1ccc(C(OCC[C@H]2O[C@@H](n3cnc4c(NC(=O)c5ccccc5)ncnc43)[C@H](OC(=S)n3ccnc3)[C@@H]2COC(=O)c2ccccc2)(c2ccccc2)c2ccc(OC)cc2)cc1. The van der Waals surface area contributed by atoms with Crippen LogP contribution in [0.4, 0.5) is 5.82 Å². The van der Waals surface area contributed by atoms with E-state index in [0.29, 0.717) is 40.2 Å². The number of carbonyl (C=O) groups is 2. The van der Waals surface area contributed by atoms with Crippen molar-refractivity contribution in [3.05, 3.63) is 199 Å². The number of aromatic nitrogens is 6. The molecule has 0 radical (unpaired) electrons. The highest BCUT2D eigenvalue weighted by atomic mass is 32.1. The van der Waals surface area contributed by atoms with Crippen molar-refractivity contribution in [3.8, 4) is 11.5 Å². The summed E-state index contributed by atoms with van der Waals surface area (Å²) >= 11 is 5.84. The van der Waals surface area contributed by atoms with Crippen LogP contribution in [0.5, 0.6) is 11.5 Å². The summed E-state index contributed by atoms with van der Waals surface area (Å²) in [5, 5.41) is 2.96. The van der Waals surface area contributed by atoms with Gasteiger partial charge in [0, 0.05) is 18.0 Å². The number of rotatable bonds is 16. The molecule has 1 amide bonds. The molecule has 0 spiro atoms. The Labute approximate surface area is 391 Å². The van der Waals surface area contributed by atoms with Gasteiger partial charge in [-0.3, -0.25) is 13.9 Å². The van der Waals surface area contributed by atoms with Gasteiger partial charge in [0.05, 0.1) is 44.7 Å². The zero-order valence-electron chi connectivity index (χ0n) is 36.5. The molecule has 67 heavy (non-hydrogen) atoms. The van der Waals surface area contributed by atoms with E-state index in [1.807, 2.05) is 91.0 Å². The summed E-state index contributed by atoms with van der Waals surface area (Å²) < 4.78 is 41.5. The minimum absolute atomic E-state index is 0.0874. The Morgan fingerprint density at radius 3 is 1.97 bits per heavy atom. The molecule has 0 saturated carbocycles. The highest BCUT2D eigenvalue weighted by Crippen LogP contribution is 2.44. The van der Waals surface area contributed by atoms with Gasteiger partial charge in [-0.2, -0.15) is 0 Å². The topological polar surface area (TPSA) is 163 Å². The van der Waals surface area contributed by atoms with Crippen LogP contribution in [0, 0.1) is 5.92 Å². The Hall–Kier alpha value is -7.79. The lowest BCUT2D eigenvalue weighted by Crippen LogP contribution is -2.37. The molecule has 8 aromatic rings. The van der Waals surface area contributed by atoms with Gasteiger partial charge < -0.3 is 33.7 Å². The van der Waals surface area contributed by atoms with Gasteiger partial charge in [-0.1, -0.05) is 91.0 Å². The molecule has 4 heterocycles. The zero-order chi connectivity index (χ0) is 46.2. The van der Waals surface area contributed by atoms with Crippen molar-refractivity contribution in [1.82, 2.24) is 29.1 Å². The molecule has 1 aliphatic heterocycles. The molecule has 0 bridgehead atoms. The fourth-order valence-electron chi connectivity index (χ4n) is 8.31. The number of imidazole rings is 2. The number of amides is 1. The van der Waals surface area contributed by atoms with Crippen molar-refractivity contribution in [2.24, 2.45) is 5.92 Å². The van der Waals surface area contributed by atoms with Gasteiger partial charge in [-0.05, 0) is 83.9 Å². The van der Waals surface area contributed by atoms with Crippen molar-refractivity contribution in [2.45, 2.75) is 30.5 Å². The normalized spacial score (nSPS) is 16.9. The van der Waals surface area contributed by atoms with E-state index in [2.05, 4.69) is 25.3 Å². The quantitative estimate of drug-likeness (QED) is 0.0560. The standard InChI is InChI=1S/C51H45N7O8S/c1-61-39-22-18-37(19-23-39)51(36-16-10-5-11-17-36,38-20-24-40(62-2)25-21-38)64-29-26-42-41(30-63-49(60)35-14-8-4-9-15-35)44(66-50(67)57-28-27-52-32-57)48(65-42)58-33-55-43-45(53-31-54-46(43)58)56-47(59)34-12-6-3-7-13-34/h3-25,27-28,31-33,41-42,44,48H,26,29-30H2,1-2H3,(H,53,54,56,59)/t41-,42-,44-,48-/m1/s1. The highest BCUT2D eigenvalue weighted by Gasteiger charge is 2.49. The number of ether oxygens (including phenoxy) is 6. The number of nitrogens with one attached hydrogen (secondary N) is 1. The average Bonchev–Trinajstić information content (AvgIpc) is 4.16. The minimum Gasteiger partial charge on any atom is -0.497 e. The minimum atomic E-state index is -1.12. The second kappa shape index (κ2) is 20.2. The van der Waals surface area contributed by atoms with Crippen LogP contribution >= 0.6 is 12.2 Å². The van der Waals surface area contributed by atoms with Gasteiger partial charge in [0.15, 0.2) is 29.3 Å². The average molecular weight is 916 g/mol. The predicted octanol–water partition coefficient (Wildman–Crippen LogP) is 8.28. The third-order valence-electron chi connectivity index (χ3n) is 11.7. The number of benzene rings is 5. The first kappa shape index (κ1) is 44.4. The number of fused-ring (bicyclic) bond motifs is 1. The van der Waals surface area contributed by atoms with E-state index < -0.39 is 35.9 Å². The first-order chi connectivity index (χ1) is 32.9. The van der Waals surface area contributed by atoms with E-state index in [0.717, 1.165) is 16.7 Å². The Morgan fingerprint density at radius 2 is 1.36 bits per heavy atom. The second-order valence-corrected chi connectivity index (χ2v) is 15.9. The molecule has 1 saturated heterocycles. The van der Waals surface area contributed by atoms with Crippen LogP contribution in [0.2, 0.25) is 0 Å². The summed E-state index contributed by atoms with van der Waals surface area (Å²) in [6.07, 6.45) is 5.49. The third kappa shape index (κ3) is 9.36. The number of nitrogens with zero attached hydrogens (tertiary/aromatic N) is 6. The van der Waals surface area contributed by atoms with E-state index in [9.17, 15) is 9.59 Å². The van der Waals surface area contributed by atoms with Crippen molar-refractivity contribution in [2.75, 3.05) is 32.8 Å². The lowest BCUT2D eigenvalue weighted by Gasteiger charge is -2.36. The van der Waals surface area contributed by atoms with E-state index in [1.54, 1.807) is 90.6 Å². The number of hydrogen-bond acceptors (Lipinski definition) is 13. The Balaban J connectivity index is 1.10. The number of anilines is 1. The summed E-state index contributed by atoms with van der Waals surface area (Å²) in [6, 6.07) is 43.1. The Kier molecular flexibility index (Phi) is 13.4. The molecule has 1 N–H and O–H groups in total. The molecule has 338 valence electrons. The van der Waals surface area contributed by atoms with E-state index in [1.165, 1.54) is 12.7 Å². The van der Waals surface area contributed by atoms with Gasteiger partial charge >= 0.3 is 5.97 Å². The van der Waals surface area contributed by atoms with Crippen LogP contribution < -0.4 is 14.8 Å². The fourth-order valence-corrected chi connectivity index (χ4v) is 8.53. The summed E-state index contributed by atoms with van der Waals surface area (Å²) in [7, 11) is 3.26. The van der Waals surface area contributed by atoms with Crippen molar-refractivity contribution < 1.29 is 38.0 Å². The number of carbonyl (C=O) groups excluding carboxylic acids is 2. The van der Waals surface area contributed by atoms with E-state index in [-0.39, 0.29) is 30.1 Å². The summed E-state index contributed by atoms with van der Waals surface area (Å²) in [4.78, 5) is 44.7. The second-order valence-electron chi connectivity index (χ2n) is 15.5. The van der Waals surface area contributed by atoms with Gasteiger partial charge in [0.1, 0.15) is 36.4 Å². The van der Waals surface area contributed by atoms with Crippen LogP contribution in [-0.2, 0) is 24.5 Å². The Morgan fingerprint density at radius 1 is 0.746 bits per heavy atom. The molecule has 3 aromatic heterocycles. The van der Waals surface area contributed by atoms with Gasteiger partial charge in [-0.15, -0.1) is 0 Å². The number of thiocarbonyl (C=S) groups is 1. The number of esters is 1. The van der Waals surface area contributed by atoms with Gasteiger partial charge in [0.2, 0.25) is 0 Å². The predicted molar refractivity (Wildman–Crippen MR) is 252 cm³/mol. The lowest BCUT2D eigenvalue weighted by molar-refractivity contribution is -0.0543. The van der Waals surface area contributed by atoms with Crippen LogP contribution in [-0.4, -0.2) is 85.8 Å². The van der Waals surface area contributed by atoms with Crippen molar-refractivity contribution >= 4 is 46.3 Å². The zero-order valence-corrected chi connectivity index (χ0v) is 37.3. The molecule has 9 rings (SSSR count). The molecule has 1 fully saturated rings. The summed E-state index contributed by atoms with van der Waals surface area (Å²) in [6.45, 7) is 0.0293. The smallest absolute Gasteiger partial charge is 0.338 e.